The highest BCUT2D eigenvalue weighted by molar-refractivity contribution is 5.95. The molecule has 0 radical (unpaired) electrons. The van der Waals surface area contributed by atoms with Crippen molar-refractivity contribution in [3.05, 3.63) is 0 Å². The van der Waals surface area contributed by atoms with E-state index in [9.17, 15) is 44.1 Å². The Bertz CT molecular complexity index is 712. The van der Waals surface area contributed by atoms with E-state index in [1.165, 1.54) is 0 Å². The van der Waals surface area contributed by atoms with Gasteiger partial charge in [0.05, 0.1) is 19.3 Å². The molecule has 148 valence electrons. The first-order chi connectivity index (χ1) is 12.5. The molecule has 0 amide bonds. The van der Waals surface area contributed by atoms with Crippen molar-refractivity contribution in [2.24, 2.45) is 0 Å². The maximum Gasteiger partial charge on any atom is 0.390 e. The molecular formula is C12H10O15. The predicted octanol–water partition coefficient (Wildman–Crippen LogP) is -3.99. The first kappa shape index (κ1) is 20.0. The zero-order chi connectivity index (χ0) is 20.4. The van der Waals surface area contributed by atoms with Gasteiger partial charge in [-0.3, -0.25) is 0 Å². The molecule has 2 fully saturated rings. The Morgan fingerprint density at radius 1 is 0.667 bits per heavy atom. The summed E-state index contributed by atoms with van der Waals surface area (Å²) in [7, 11) is 0. The van der Waals surface area contributed by atoms with Gasteiger partial charge in [0, 0.05) is 0 Å². The van der Waals surface area contributed by atoms with Gasteiger partial charge in [-0.15, -0.1) is 0 Å². The lowest BCUT2D eigenvalue weighted by Gasteiger charge is -2.29. The van der Waals surface area contributed by atoms with Crippen LogP contribution in [-0.4, -0.2) is 68.4 Å². The summed E-state index contributed by atoms with van der Waals surface area (Å²) in [4.78, 5) is 93.8. The highest BCUT2D eigenvalue weighted by Gasteiger charge is 2.55. The van der Waals surface area contributed by atoms with E-state index in [0.717, 1.165) is 0 Å². The minimum Gasteiger partial charge on any atom is -0.378 e. The summed E-state index contributed by atoms with van der Waals surface area (Å²) in [6, 6.07) is 0. The second-order valence-electron chi connectivity index (χ2n) is 5.40. The van der Waals surface area contributed by atoms with E-state index in [4.69, 9.17) is 0 Å². The zero-order valence-corrected chi connectivity index (χ0v) is 12.9. The fourth-order valence-corrected chi connectivity index (χ4v) is 1.92. The van der Waals surface area contributed by atoms with Gasteiger partial charge < -0.3 is 15.3 Å². The maximum absolute atomic E-state index is 11.9. The number of hydrogen-bond acceptors (Lipinski definition) is 15. The van der Waals surface area contributed by atoms with Gasteiger partial charge in [-0.05, 0) is 0 Å². The second-order valence-corrected chi connectivity index (χ2v) is 5.40. The third kappa shape index (κ3) is 4.10. The molecule has 0 saturated carbocycles. The molecule has 27 heavy (non-hydrogen) atoms. The van der Waals surface area contributed by atoms with Crippen LogP contribution in [0, 0.1) is 0 Å². The molecule has 2 aliphatic heterocycles. The molecule has 2 rings (SSSR count). The molecule has 3 N–H and O–H groups in total. The van der Waals surface area contributed by atoms with E-state index < -0.39 is 72.4 Å². The van der Waals surface area contributed by atoms with Crippen molar-refractivity contribution in [2.45, 2.75) is 36.6 Å². The average molecular weight is 394 g/mol. The van der Waals surface area contributed by atoms with Crippen LogP contribution < -0.4 is 0 Å². The van der Waals surface area contributed by atoms with E-state index in [1.54, 1.807) is 0 Å². The molecule has 0 aromatic carbocycles. The predicted molar refractivity (Wildman–Crippen MR) is 66.3 cm³/mol. The van der Waals surface area contributed by atoms with Gasteiger partial charge in [0.15, 0.2) is 11.7 Å². The van der Waals surface area contributed by atoms with E-state index in [2.05, 4.69) is 29.3 Å². The van der Waals surface area contributed by atoms with Gasteiger partial charge in [0.2, 0.25) is 5.60 Å². The van der Waals surface area contributed by atoms with Gasteiger partial charge in [-0.25, -0.2) is 58.1 Å². The molecule has 2 bridgehead atoms. The van der Waals surface area contributed by atoms with E-state index in [0.29, 0.717) is 0 Å². The molecule has 15 nitrogen and oxygen atoms in total. The summed E-state index contributed by atoms with van der Waals surface area (Å²) in [5, 5.41) is 30.1. The number of fused-ring (bicyclic) bond motifs is 5. The van der Waals surface area contributed by atoms with Crippen LogP contribution in [0.15, 0.2) is 0 Å². The zero-order valence-electron chi connectivity index (χ0n) is 12.9. The Morgan fingerprint density at radius 3 is 1.67 bits per heavy atom. The fourth-order valence-electron chi connectivity index (χ4n) is 1.92. The summed E-state index contributed by atoms with van der Waals surface area (Å²) in [5.74, 6) is -10.8. The van der Waals surface area contributed by atoms with Crippen LogP contribution in [0.5, 0.6) is 0 Å². The fraction of sp³-hybridized carbons (Fsp3) is 0.500. The lowest BCUT2D eigenvalue weighted by Crippen LogP contribution is -2.57. The molecular weight excluding hydrogens is 384 g/mol. The highest BCUT2D eigenvalue weighted by atomic mass is 17.2. The SMILES string of the molecule is O=C1CC2(O)CC(=O)OOC(=O)C(O)C(O)(CC(=O)OO1)C(=O)OOC2=O. The number of aliphatic hydroxyl groups excluding tert-OH is 1. The van der Waals surface area contributed by atoms with Crippen molar-refractivity contribution in [1.82, 2.24) is 0 Å². The van der Waals surface area contributed by atoms with Crippen LogP contribution in [0.25, 0.3) is 0 Å². The summed E-state index contributed by atoms with van der Waals surface area (Å²) in [6.07, 6.45) is -7.22. The Labute approximate surface area is 147 Å². The minimum atomic E-state index is -3.50. The Kier molecular flexibility index (Phi) is 5.29. The molecule has 3 atom stereocenters. The maximum atomic E-state index is 11.9. The highest BCUT2D eigenvalue weighted by Crippen LogP contribution is 2.25. The third-order valence-corrected chi connectivity index (χ3v) is 3.33. The van der Waals surface area contributed by atoms with E-state index in [-0.39, 0.29) is 0 Å². The summed E-state index contributed by atoms with van der Waals surface area (Å²) >= 11 is 0. The van der Waals surface area contributed by atoms with Crippen LogP contribution in [0.2, 0.25) is 0 Å². The molecule has 2 heterocycles. The van der Waals surface area contributed by atoms with Crippen molar-refractivity contribution >= 4 is 35.8 Å². The number of rotatable bonds is 0. The molecule has 0 spiro atoms. The molecule has 2 saturated heterocycles. The third-order valence-electron chi connectivity index (χ3n) is 3.33. The number of aliphatic hydroxyl groups is 3. The van der Waals surface area contributed by atoms with Crippen LogP contribution in [0.3, 0.4) is 0 Å². The minimum absolute atomic E-state index is 1.35. The van der Waals surface area contributed by atoms with Gasteiger partial charge in [0.1, 0.15) is 0 Å². The van der Waals surface area contributed by atoms with Crippen molar-refractivity contribution in [3.8, 4) is 0 Å². The van der Waals surface area contributed by atoms with Crippen molar-refractivity contribution in [2.75, 3.05) is 0 Å². The van der Waals surface area contributed by atoms with E-state index in [1.807, 2.05) is 0 Å². The number of carbonyl (C=O) groups excluding carboxylic acids is 6. The Balaban J connectivity index is 2.54. The molecule has 2 aliphatic rings. The normalized spacial score (nSPS) is 33.2. The number of carbonyl (C=O) groups is 6. The largest absolute Gasteiger partial charge is 0.390 e. The van der Waals surface area contributed by atoms with Crippen molar-refractivity contribution in [1.29, 1.82) is 0 Å². The monoisotopic (exact) mass is 394 g/mol. The smallest absolute Gasteiger partial charge is 0.378 e. The average Bonchev–Trinajstić information content (AvgIpc) is 2.59. The summed E-state index contributed by atoms with van der Waals surface area (Å²) < 4.78 is 0. The molecule has 3 unspecified atom stereocenters. The summed E-state index contributed by atoms with van der Waals surface area (Å²) in [5.41, 5.74) is -6.58. The number of hydrogen-bond donors (Lipinski definition) is 3. The topological polar surface area (TPSA) is 218 Å². The molecule has 15 heteroatoms. The second kappa shape index (κ2) is 7.14. The summed E-state index contributed by atoms with van der Waals surface area (Å²) in [6.45, 7) is 0. The van der Waals surface area contributed by atoms with Gasteiger partial charge in [0.25, 0.3) is 0 Å². The lowest BCUT2D eigenvalue weighted by molar-refractivity contribution is -0.302. The van der Waals surface area contributed by atoms with Crippen LogP contribution in [0.1, 0.15) is 19.3 Å². The standard InChI is InChI=1S/C12H10O15/c13-4-1-11(20)2-5(14)24-25-8(17)7(16)12(21,3-6(15)23-22-4)10(19)27-26-9(11)18/h7,16,20-21H,1-3H2. The van der Waals surface area contributed by atoms with Crippen LogP contribution in [0.4, 0.5) is 0 Å². The molecule has 0 aromatic heterocycles. The Morgan fingerprint density at radius 2 is 1.11 bits per heavy atom. The Hall–Kier alpha value is -3.30. The first-order valence-corrected chi connectivity index (χ1v) is 6.85. The van der Waals surface area contributed by atoms with Crippen LogP contribution in [-0.2, 0) is 58.1 Å². The first-order valence-electron chi connectivity index (χ1n) is 6.85. The lowest BCUT2D eigenvalue weighted by atomic mass is 9.93. The van der Waals surface area contributed by atoms with Crippen molar-refractivity contribution in [3.63, 3.8) is 0 Å². The molecule has 0 aromatic rings. The quantitative estimate of drug-likeness (QED) is 0.333. The van der Waals surface area contributed by atoms with Gasteiger partial charge >= 0.3 is 35.8 Å². The van der Waals surface area contributed by atoms with Crippen molar-refractivity contribution < 1.29 is 73.4 Å². The molecule has 0 aliphatic carbocycles. The van der Waals surface area contributed by atoms with E-state index >= 15 is 0 Å². The van der Waals surface area contributed by atoms with Crippen LogP contribution >= 0.6 is 0 Å². The van der Waals surface area contributed by atoms with Gasteiger partial charge in [-0.1, -0.05) is 0 Å². The van der Waals surface area contributed by atoms with Gasteiger partial charge in [-0.2, -0.15) is 0 Å².